The second kappa shape index (κ2) is 11.4. The Morgan fingerprint density at radius 3 is 2.23 bits per heavy atom. The molecule has 0 aliphatic carbocycles. The summed E-state index contributed by atoms with van der Waals surface area (Å²) in [5.41, 5.74) is 7.64. The number of benzene rings is 3. The first-order valence-corrected chi connectivity index (χ1v) is 10.9. The number of ketones is 1. The van der Waals surface area contributed by atoms with Crippen molar-refractivity contribution in [3.05, 3.63) is 87.0 Å². The van der Waals surface area contributed by atoms with Crippen molar-refractivity contribution in [3.63, 3.8) is 0 Å². The van der Waals surface area contributed by atoms with Crippen LogP contribution in [0.1, 0.15) is 23.7 Å². The van der Waals surface area contributed by atoms with Gasteiger partial charge in [0.15, 0.2) is 0 Å². The Labute approximate surface area is 209 Å². The Bertz CT molecular complexity index is 1440. The maximum Gasteiger partial charge on any atom is 0.368 e. The second-order valence-electron chi connectivity index (χ2n) is 7.34. The summed E-state index contributed by atoms with van der Waals surface area (Å²) >= 11 is 11.7. The Kier molecular flexibility index (Phi) is 8.30. The van der Waals surface area contributed by atoms with Crippen molar-refractivity contribution in [2.45, 2.75) is 13.3 Å². The van der Waals surface area contributed by atoms with Crippen LogP contribution >= 0.6 is 23.2 Å². The maximum absolute atomic E-state index is 11.9. The quantitative estimate of drug-likeness (QED) is 0.352. The van der Waals surface area contributed by atoms with Crippen LogP contribution in [0.4, 0.5) is 21.9 Å². The van der Waals surface area contributed by atoms with Crippen LogP contribution in [0, 0.1) is 0 Å². The molecule has 9 nitrogen and oxygen atoms in total. The molecule has 1 aliphatic heterocycles. The van der Waals surface area contributed by atoms with Crippen molar-refractivity contribution in [3.8, 4) is 0 Å². The minimum atomic E-state index is -0.549. The predicted molar refractivity (Wildman–Crippen MR) is 133 cm³/mol. The van der Waals surface area contributed by atoms with Crippen molar-refractivity contribution < 1.29 is 19.2 Å². The molecule has 0 unspecified atom stereocenters. The number of hydrogen-bond acceptors (Lipinski definition) is 5. The third-order valence-electron chi connectivity index (χ3n) is 4.45. The molecule has 0 spiro atoms. The number of hydrogen-bond donors (Lipinski definition) is 3. The van der Waals surface area contributed by atoms with E-state index in [9.17, 15) is 19.2 Å². The van der Waals surface area contributed by atoms with Crippen LogP contribution in [0.5, 0.6) is 0 Å². The molecule has 0 atom stereocenters. The lowest BCUT2D eigenvalue weighted by Gasteiger charge is -2.07. The SMILES string of the molecule is CC(=O)CC(=O)Nc1ccc2c(c1)=NC(=O)N=2.Nc1ccc(NC(=O)c2ccc(Cl)cc2)c(Cl)c1. The number of nitrogen functional groups attached to an aromatic ring is 1. The maximum atomic E-state index is 11.9. The minimum Gasteiger partial charge on any atom is -0.399 e. The van der Waals surface area contributed by atoms with E-state index in [0.29, 0.717) is 43.4 Å². The van der Waals surface area contributed by atoms with Crippen LogP contribution in [-0.4, -0.2) is 23.6 Å². The summed E-state index contributed by atoms with van der Waals surface area (Å²) in [5.74, 6) is -0.851. The van der Waals surface area contributed by atoms with Crippen LogP contribution in [0.25, 0.3) is 0 Å². The number of halogens is 2. The highest BCUT2D eigenvalue weighted by Gasteiger charge is 2.09. The Balaban J connectivity index is 0.000000196. The number of nitrogens with two attached hydrogens (primary N) is 1. The highest BCUT2D eigenvalue weighted by atomic mass is 35.5. The monoisotopic (exact) mass is 511 g/mol. The van der Waals surface area contributed by atoms with Crippen LogP contribution < -0.4 is 27.1 Å². The molecule has 0 aromatic heterocycles. The topological polar surface area (TPSA) is 143 Å². The van der Waals surface area contributed by atoms with Crippen LogP contribution in [0.15, 0.2) is 70.6 Å². The van der Waals surface area contributed by atoms with Crippen LogP contribution in [0.2, 0.25) is 10.0 Å². The van der Waals surface area contributed by atoms with Gasteiger partial charge in [-0.2, -0.15) is 9.98 Å². The van der Waals surface area contributed by atoms with E-state index >= 15 is 0 Å². The molecule has 0 radical (unpaired) electrons. The Morgan fingerprint density at radius 2 is 1.57 bits per heavy atom. The van der Waals surface area contributed by atoms with Gasteiger partial charge in [0, 0.05) is 22.0 Å². The molecule has 3 aromatic carbocycles. The van der Waals surface area contributed by atoms with Gasteiger partial charge >= 0.3 is 6.03 Å². The zero-order valence-electron chi connectivity index (χ0n) is 18.3. The van der Waals surface area contributed by atoms with Gasteiger partial charge in [0.05, 0.1) is 27.8 Å². The molecule has 0 saturated heterocycles. The molecule has 0 fully saturated rings. The van der Waals surface area contributed by atoms with Gasteiger partial charge in [-0.05, 0) is 67.6 Å². The number of urea groups is 1. The Morgan fingerprint density at radius 1 is 0.886 bits per heavy atom. The predicted octanol–water partition coefficient (Wildman–Crippen LogP) is 3.80. The first kappa shape index (κ1) is 25.5. The van der Waals surface area contributed by atoms with Crippen molar-refractivity contribution in [2.75, 3.05) is 16.4 Å². The van der Waals surface area contributed by atoms with E-state index in [1.807, 2.05) is 0 Å². The number of carbonyl (C=O) groups is 4. The molecule has 178 valence electrons. The van der Waals surface area contributed by atoms with E-state index in [1.165, 1.54) is 6.92 Å². The van der Waals surface area contributed by atoms with E-state index in [2.05, 4.69) is 20.6 Å². The molecule has 11 heteroatoms. The number of rotatable bonds is 5. The first-order valence-electron chi connectivity index (χ1n) is 10.1. The average molecular weight is 512 g/mol. The molecular weight excluding hydrogens is 493 g/mol. The molecule has 0 bridgehead atoms. The van der Waals surface area contributed by atoms with E-state index in [4.69, 9.17) is 28.9 Å². The molecule has 4 N–H and O–H groups in total. The molecular formula is C24H19Cl2N5O4. The summed E-state index contributed by atoms with van der Waals surface area (Å²) in [6, 6.07) is 15.7. The van der Waals surface area contributed by atoms with Gasteiger partial charge in [0.1, 0.15) is 5.78 Å². The molecule has 4 amide bonds. The lowest BCUT2D eigenvalue weighted by Crippen LogP contribution is -2.23. The normalized spacial score (nSPS) is 11.2. The minimum absolute atomic E-state index is 0.169. The fraction of sp³-hybridized carbons (Fsp3) is 0.0833. The molecule has 35 heavy (non-hydrogen) atoms. The zero-order chi connectivity index (χ0) is 25.5. The lowest BCUT2D eigenvalue weighted by atomic mass is 10.2. The van der Waals surface area contributed by atoms with Crippen LogP contribution in [0.3, 0.4) is 0 Å². The van der Waals surface area contributed by atoms with Crippen molar-refractivity contribution >= 4 is 63.9 Å². The summed E-state index contributed by atoms with van der Waals surface area (Å²) in [4.78, 5) is 52.2. The summed E-state index contributed by atoms with van der Waals surface area (Å²) in [7, 11) is 0. The number of anilines is 3. The van der Waals surface area contributed by atoms with Gasteiger partial charge in [-0.15, -0.1) is 0 Å². The second-order valence-corrected chi connectivity index (χ2v) is 8.18. The molecule has 0 saturated carbocycles. The van der Waals surface area contributed by atoms with E-state index < -0.39 is 11.9 Å². The largest absolute Gasteiger partial charge is 0.399 e. The zero-order valence-corrected chi connectivity index (χ0v) is 19.9. The number of amides is 4. The van der Waals surface area contributed by atoms with Gasteiger partial charge in [-0.25, -0.2) is 4.79 Å². The standard InChI is InChI=1S/C13H10Cl2N2O.C11H9N3O3/c14-9-3-1-8(2-4-9)13(18)17-12-6-5-10(16)7-11(12)15;1-6(15)4-10(16)12-7-2-3-8-9(5-7)14-11(17)13-8/h1-7H,16H2,(H,17,18);2-3,5H,4H2,1H3,(H,12,16). The van der Waals surface area contributed by atoms with E-state index in [-0.39, 0.29) is 18.1 Å². The number of Topliss-reactive ketones (excluding diaryl/α,β-unsaturated/α-hetero) is 1. The smallest absolute Gasteiger partial charge is 0.368 e. The summed E-state index contributed by atoms with van der Waals surface area (Å²) in [5, 5.41) is 7.14. The third-order valence-corrected chi connectivity index (χ3v) is 5.01. The average Bonchev–Trinajstić information content (AvgIpc) is 3.15. The third kappa shape index (κ3) is 7.46. The highest BCUT2D eigenvalue weighted by Crippen LogP contribution is 2.24. The van der Waals surface area contributed by atoms with E-state index in [1.54, 1.807) is 60.7 Å². The number of nitrogens with zero attached hydrogens (tertiary/aromatic N) is 2. The van der Waals surface area contributed by atoms with Crippen molar-refractivity contribution in [1.29, 1.82) is 0 Å². The molecule has 4 rings (SSSR count). The lowest BCUT2D eigenvalue weighted by molar-refractivity contribution is -0.124. The summed E-state index contributed by atoms with van der Waals surface area (Å²) < 4.78 is 0. The van der Waals surface area contributed by atoms with Crippen molar-refractivity contribution in [2.24, 2.45) is 9.98 Å². The van der Waals surface area contributed by atoms with E-state index in [0.717, 1.165) is 0 Å². The van der Waals surface area contributed by atoms with Gasteiger partial charge < -0.3 is 16.4 Å². The fourth-order valence-electron chi connectivity index (χ4n) is 2.88. The van der Waals surface area contributed by atoms with Gasteiger partial charge in [0.25, 0.3) is 5.91 Å². The van der Waals surface area contributed by atoms with Gasteiger partial charge in [-0.3, -0.25) is 14.4 Å². The highest BCUT2D eigenvalue weighted by molar-refractivity contribution is 6.34. The summed E-state index contributed by atoms with van der Waals surface area (Å²) in [6.45, 7) is 1.34. The number of carbonyl (C=O) groups excluding carboxylic acids is 4. The van der Waals surface area contributed by atoms with Gasteiger partial charge in [-0.1, -0.05) is 23.2 Å². The fourth-order valence-corrected chi connectivity index (χ4v) is 3.24. The molecule has 1 heterocycles. The Hall–Kier alpha value is -4.08. The van der Waals surface area contributed by atoms with Crippen molar-refractivity contribution in [1.82, 2.24) is 0 Å². The molecule has 1 aliphatic rings. The molecule has 3 aromatic rings. The summed E-state index contributed by atoms with van der Waals surface area (Å²) in [6.07, 6.45) is -0.169. The number of fused-ring (bicyclic) bond motifs is 1. The number of nitrogens with one attached hydrogen (secondary N) is 2. The first-order chi connectivity index (χ1) is 16.6. The van der Waals surface area contributed by atoms with Crippen LogP contribution in [-0.2, 0) is 9.59 Å². The van der Waals surface area contributed by atoms with Gasteiger partial charge in [0.2, 0.25) is 5.91 Å².